The number of rotatable bonds is 8. The predicted molar refractivity (Wildman–Crippen MR) is 155 cm³/mol. The number of halogens is 2. The van der Waals surface area contributed by atoms with Crippen LogP contribution in [0.3, 0.4) is 0 Å². The second-order valence-electron chi connectivity index (χ2n) is 9.71. The first kappa shape index (κ1) is 26.3. The highest BCUT2D eigenvalue weighted by molar-refractivity contribution is 6.32. The van der Waals surface area contributed by atoms with Gasteiger partial charge < -0.3 is 10.2 Å². The lowest BCUT2D eigenvalue weighted by molar-refractivity contribution is -0.106. The summed E-state index contributed by atoms with van der Waals surface area (Å²) in [5.74, 6) is 0. The largest absolute Gasteiger partial charge is 0.376 e. The molecule has 10 heteroatoms. The number of likely N-dealkylation sites (tertiary alicyclic amines) is 1. The van der Waals surface area contributed by atoms with E-state index in [0.29, 0.717) is 32.8 Å². The molecule has 1 atom stereocenters. The Morgan fingerprint density at radius 1 is 1.16 bits per heavy atom. The highest BCUT2D eigenvalue weighted by atomic mass is 35.5. The van der Waals surface area contributed by atoms with Crippen LogP contribution >= 0.6 is 23.2 Å². The summed E-state index contributed by atoms with van der Waals surface area (Å²) < 4.78 is 0. The number of allylic oxidation sites excluding steroid dienone is 2. The van der Waals surface area contributed by atoms with E-state index in [4.69, 9.17) is 23.2 Å². The molecule has 0 radical (unpaired) electrons. The lowest BCUT2D eigenvalue weighted by atomic mass is 9.92. The summed E-state index contributed by atoms with van der Waals surface area (Å²) in [6.07, 6.45) is 8.07. The molecule has 0 aromatic heterocycles. The van der Waals surface area contributed by atoms with Crippen molar-refractivity contribution < 1.29 is 9.59 Å². The lowest BCUT2D eigenvalue weighted by Gasteiger charge is -2.41. The number of carbonyl (C=O) groups excluding carboxylic acids is 2. The number of benzene rings is 2. The zero-order valence-electron chi connectivity index (χ0n) is 21.4. The third-order valence-corrected chi connectivity index (χ3v) is 7.45. The van der Waals surface area contributed by atoms with Crippen molar-refractivity contribution in [2.45, 2.75) is 18.9 Å². The molecule has 198 valence electrons. The Labute approximate surface area is 232 Å². The SMILES string of the molecule is CN(C)c1cc(Cl)cc(NC(=O)N2C=CC=C(Cl)C2)c1N(C=O)c1ccc(C(C2=NCC2)N2CCC2)cc1. The summed E-state index contributed by atoms with van der Waals surface area (Å²) in [5.41, 5.74) is 4.66. The molecule has 0 aliphatic carbocycles. The van der Waals surface area contributed by atoms with Crippen LogP contribution in [-0.2, 0) is 4.79 Å². The molecule has 2 aromatic carbocycles. The van der Waals surface area contributed by atoms with Crippen LogP contribution in [0.1, 0.15) is 24.4 Å². The monoisotopic (exact) mass is 552 g/mol. The van der Waals surface area contributed by atoms with Crippen LogP contribution < -0.4 is 15.1 Å². The van der Waals surface area contributed by atoms with Crippen molar-refractivity contribution in [3.63, 3.8) is 0 Å². The molecule has 1 unspecified atom stereocenters. The van der Waals surface area contributed by atoms with Crippen LogP contribution in [0.4, 0.5) is 27.5 Å². The maximum absolute atomic E-state index is 13.1. The van der Waals surface area contributed by atoms with Crippen LogP contribution in [-0.4, -0.2) is 68.2 Å². The summed E-state index contributed by atoms with van der Waals surface area (Å²) in [6.45, 7) is 3.28. The van der Waals surface area contributed by atoms with Crippen molar-refractivity contribution in [1.82, 2.24) is 9.80 Å². The number of hydrogen-bond acceptors (Lipinski definition) is 5. The number of urea groups is 1. The molecule has 5 rings (SSSR count). The van der Waals surface area contributed by atoms with E-state index in [1.807, 2.05) is 31.1 Å². The first-order valence-electron chi connectivity index (χ1n) is 12.6. The minimum Gasteiger partial charge on any atom is -0.376 e. The average molecular weight is 553 g/mol. The topological polar surface area (TPSA) is 71.5 Å². The average Bonchev–Trinajstić information content (AvgIpc) is 2.83. The fourth-order valence-corrected chi connectivity index (χ4v) is 5.27. The van der Waals surface area contributed by atoms with Gasteiger partial charge in [-0.15, -0.1) is 0 Å². The molecule has 38 heavy (non-hydrogen) atoms. The van der Waals surface area contributed by atoms with Crippen molar-refractivity contribution in [3.8, 4) is 0 Å². The summed E-state index contributed by atoms with van der Waals surface area (Å²) in [6, 6.07) is 11.2. The van der Waals surface area contributed by atoms with Gasteiger partial charge in [0.15, 0.2) is 0 Å². The molecule has 0 bridgehead atoms. The Morgan fingerprint density at radius 3 is 2.45 bits per heavy atom. The second kappa shape index (κ2) is 11.2. The number of aliphatic imine (C=N–C) groups is 1. The summed E-state index contributed by atoms with van der Waals surface area (Å²) in [5, 5.41) is 3.90. The molecule has 2 aromatic rings. The van der Waals surface area contributed by atoms with Gasteiger partial charge in [-0.2, -0.15) is 0 Å². The van der Waals surface area contributed by atoms with Gasteiger partial charge in [0.2, 0.25) is 6.41 Å². The molecular formula is C28H30Cl2N6O2. The van der Waals surface area contributed by atoms with E-state index in [9.17, 15) is 9.59 Å². The van der Waals surface area contributed by atoms with Crippen molar-refractivity contribution in [3.05, 3.63) is 70.4 Å². The van der Waals surface area contributed by atoms with E-state index in [2.05, 4.69) is 27.3 Å². The zero-order valence-corrected chi connectivity index (χ0v) is 22.9. The van der Waals surface area contributed by atoms with Gasteiger partial charge in [0.05, 0.1) is 29.6 Å². The molecule has 0 spiro atoms. The van der Waals surface area contributed by atoms with E-state index in [-0.39, 0.29) is 18.6 Å². The normalized spacial score (nSPS) is 17.5. The molecule has 3 aliphatic rings. The molecule has 3 aliphatic heterocycles. The smallest absolute Gasteiger partial charge is 0.326 e. The standard InChI is InChI=1S/C28H30Cl2N6O2/c1-33(2)25-16-21(30)15-24(32-28(38)35-12-3-5-20(29)17-35)27(25)36(18-37)22-8-6-19(7-9-22)26(23-10-11-31-23)34-13-4-14-34/h3,5-9,12,15-16,18,26H,4,10-11,13-14,17H2,1-2H3,(H,32,38). The molecule has 1 fully saturated rings. The lowest BCUT2D eigenvalue weighted by Crippen LogP contribution is -2.45. The second-order valence-corrected chi connectivity index (χ2v) is 10.6. The number of hydrogen-bond donors (Lipinski definition) is 1. The quantitative estimate of drug-likeness (QED) is 0.421. The molecule has 3 amide bonds. The Balaban J connectivity index is 1.49. The fraction of sp³-hybridized carbons (Fsp3) is 0.321. The van der Waals surface area contributed by atoms with Crippen molar-refractivity contribution in [2.75, 3.05) is 55.4 Å². The van der Waals surface area contributed by atoms with Gasteiger partial charge in [-0.1, -0.05) is 35.3 Å². The molecular weight excluding hydrogens is 523 g/mol. The maximum Gasteiger partial charge on any atom is 0.326 e. The first-order chi connectivity index (χ1) is 18.4. The highest BCUT2D eigenvalue weighted by Crippen LogP contribution is 2.42. The Bertz CT molecular complexity index is 1320. The first-order valence-corrected chi connectivity index (χ1v) is 13.3. The van der Waals surface area contributed by atoms with Crippen molar-refractivity contribution in [1.29, 1.82) is 0 Å². The van der Waals surface area contributed by atoms with Crippen LogP contribution in [0.5, 0.6) is 0 Å². The van der Waals surface area contributed by atoms with Gasteiger partial charge in [0.1, 0.15) is 0 Å². The Hall–Kier alpha value is -3.33. The molecule has 1 N–H and O–H groups in total. The molecule has 8 nitrogen and oxygen atoms in total. The van der Waals surface area contributed by atoms with Gasteiger partial charge in [0, 0.05) is 67.8 Å². The predicted octanol–water partition coefficient (Wildman–Crippen LogP) is 5.78. The minimum atomic E-state index is -0.388. The Kier molecular flexibility index (Phi) is 7.74. The van der Waals surface area contributed by atoms with Crippen molar-refractivity contribution >= 4 is 64.1 Å². The van der Waals surface area contributed by atoms with E-state index in [1.54, 1.807) is 30.5 Å². The summed E-state index contributed by atoms with van der Waals surface area (Å²) in [7, 11) is 3.73. The molecule has 3 heterocycles. The molecule has 1 saturated heterocycles. The van der Waals surface area contributed by atoms with Crippen LogP contribution in [0, 0.1) is 0 Å². The third kappa shape index (κ3) is 5.29. The van der Waals surface area contributed by atoms with E-state index >= 15 is 0 Å². The van der Waals surface area contributed by atoms with Gasteiger partial charge in [-0.3, -0.25) is 24.5 Å². The van der Waals surface area contributed by atoms with Crippen LogP contribution in [0.15, 0.2) is 64.8 Å². The van der Waals surface area contributed by atoms with Crippen LogP contribution in [0.2, 0.25) is 5.02 Å². The zero-order chi connectivity index (χ0) is 26.8. The van der Waals surface area contributed by atoms with E-state index in [0.717, 1.165) is 38.0 Å². The molecule has 0 saturated carbocycles. The van der Waals surface area contributed by atoms with Crippen LogP contribution in [0.25, 0.3) is 0 Å². The van der Waals surface area contributed by atoms with Gasteiger partial charge >= 0.3 is 6.03 Å². The maximum atomic E-state index is 13.1. The third-order valence-electron chi connectivity index (χ3n) is 6.99. The number of carbonyl (C=O) groups is 2. The Morgan fingerprint density at radius 2 is 1.89 bits per heavy atom. The summed E-state index contributed by atoms with van der Waals surface area (Å²) in [4.78, 5) is 37.6. The minimum absolute atomic E-state index is 0.192. The summed E-state index contributed by atoms with van der Waals surface area (Å²) >= 11 is 12.6. The van der Waals surface area contributed by atoms with E-state index < -0.39 is 0 Å². The van der Waals surface area contributed by atoms with Gasteiger partial charge in [0.25, 0.3) is 0 Å². The van der Waals surface area contributed by atoms with Crippen molar-refractivity contribution in [2.24, 2.45) is 4.99 Å². The van der Waals surface area contributed by atoms with Gasteiger partial charge in [-0.25, -0.2) is 4.79 Å². The number of nitrogens with zero attached hydrogens (tertiary/aromatic N) is 5. The van der Waals surface area contributed by atoms with Gasteiger partial charge in [-0.05, 0) is 48.4 Å². The highest BCUT2D eigenvalue weighted by Gasteiger charge is 2.32. The van der Waals surface area contributed by atoms with E-state index in [1.165, 1.54) is 21.9 Å². The number of anilines is 4. The number of amides is 3. The fourth-order valence-electron chi connectivity index (χ4n) is 4.86. The number of nitrogens with one attached hydrogen (secondary N) is 1.